The summed E-state index contributed by atoms with van der Waals surface area (Å²) in [5.41, 5.74) is 4.52. The minimum atomic E-state index is -4.56. The maximum absolute atomic E-state index is 12.6. The van der Waals surface area contributed by atoms with Gasteiger partial charge in [0.15, 0.2) is 0 Å². The van der Waals surface area contributed by atoms with Gasteiger partial charge in [-0.15, -0.1) is 12.4 Å². The van der Waals surface area contributed by atoms with Crippen LogP contribution in [0.15, 0.2) is 29.2 Å². The van der Waals surface area contributed by atoms with E-state index in [0.717, 1.165) is 12.1 Å². The average molecular weight is 345 g/mol. The van der Waals surface area contributed by atoms with Crippen molar-refractivity contribution in [2.45, 2.75) is 17.5 Å². The molecule has 2 N–H and O–H groups in total. The molecule has 1 aliphatic heterocycles. The molecule has 21 heavy (non-hydrogen) atoms. The fourth-order valence-electron chi connectivity index (χ4n) is 2.19. The second-order valence-electron chi connectivity index (χ2n) is 4.78. The van der Waals surface area contributed by atoms with E-state index in [-0.39, 0.29) is 29.8 Å². The van der Waals surface area contributed by atoms with Crippen molar-refractivity contribution in [1.29, 1.82) is 0 Å². The topological polar surface area (TPSA) is 63.4 Å². The van der Waals surface area contributed by atoms with Crippen LogP contribution >= 0.6 is 12.4 Å². The molecule has 120 valence electrons. The lowest BCUT2D eigenvalue weighted by Crippen LogP contribution is -2.30. The van der Waals surface area contributed by atoms with Crippen molar-refractivity contribution in [3.63, 3.8) is 0 Å². The average Bonchev–Trinajstić information content (AvgIpc) is 2.87. The van der Waals surface area contributed by atoms with Crippen LogP contribution in [-0.4, -0.2) is 32.4 Å². The van der Waals surface area contributed by atoms with Crippen LogP contribution in [0, 0.1) is 5.92 Å². The van der Waals surface area contributed by atoms with Crippen LogP contribution in [-0.2, 0) is 16.2 Å². The number of alkyl halides is 3. The first-order valence-corrected chi connectivity index (χ1v) is 7.56. The zero-order valence-corrected chi connectivity index (χ0v) is 12.6. The monoisotopic (exact) mass is 344 g/mol. The van der Waals surface area contributed by atoms with E-state index < -0.39 is 21.8 Å². The maximum Gasteiger partial charge on any atom is 0.416 e. The molecule has 0 aliphatic carbocycles. The molecule has 1 fully saturated rings. The van der Waals surface area contributed by atoms with Gasteiger partial charge in [0.2, 0.25) is 10.0 Å². The van der Waals surface area contributed by atoms with Gasteiger partial charge in [0.25, 0.3) is 0 Å². The van der Waals surface area contributed by atoms with Crippen molar-refractivity contribution >= 4 is 22.4 Å². The Kier molecular flexibility index (Phi) is 5.65. The molecule has 1 aromatic rings. The first kappa shape index (κ1) is 18.2. The Hall–Kier alpha value is -0.830. The molecule has 1 atom stereocenters. The molecule has 1 heterocycles. The Labute approximate surface area is 127 Å². The van der Waals surface area contributed by atoms with Crippen molar-refractivity contribution < 1.29 is 21.6 Å². The Morgan fingerprint density at radius 3 is 2.52 bits per heavy atom. The molecule has 1 aromatic carbocycles. The second-order valence-corrected chi connectivity index (χ2v) is 6.72. The first-order chi connectivity index (χ1) is 9.25. The fourth-order valence-corrected chi connectivity index (χ4v) is 3.77. The molecule has 2 rings (SSSR count). The summed E-state index contributed by atoms with van der Waals surface area (Å²) >= 11 is 0. The highest BCUT2D eigenvalue weighted by Gasteiger charge is 2.35. The largest absolute Gasteiger partial charge is 0.416 e. The van der Waals surface area contributed by atoms with Gasteiger partial charge in [0, 0.05) is 13.1 Å². The minimum absolute atomic E-state index is 0. The molecule has 0 spiro atoms. The van der Waals surface area contributed by atoms with Crippen molar-refractivity contribution in [3.8, 4) is 0 Å². The number of halogens is 4. The number of rotatable bonds is 3. The summed E-state index contributed by atoms with van der Waals surface area (Å²) in [6.07, 6.45) is -3.93. The third-order valence-electron chi connectivity index (χ3n) is 3.38. The van der Waals surface area contributed by atoms with E-state index in [1.807, 2.05) is 0 Å². The number of nitrogens with two attached hydrogens (primary N) is 1. The minimum Gasteiger partial charge on any atom is -0.330 e. The van der Waals surface area contributed by atoms with E-state index in [1.165, 1.54) is 10.4 Å². The quantitative estimate of drug-likeness (QED) is 0.913. The lowest BCUT2D eigenvalue weighted by molar-refractivity contribution is -0.137. The molecule has 0 saturated carbocycles. The number of hydrogen-bond donors (Lipinski definition) is 1. The van der Waals surface area contributed by atoms with Crippen LogP contribution in [0.5, 0.6) is 0 Å². The predicted molar refractivity (Wildman–Crippen MR) is 74.6 cm³/mol. The van der Waals surface area contributed by atoms with Gasteiger partial charge in [0.1, 0.15) is 0 Å². The van der Waals surface area contributed by atoms with Gasteiger partial charge >= 0.3 is 6.18 Å². The zero-order chi connectivity index (χ0) is 15.0. The molecule has 4 nitrogen and oxygen atoms in total. The van der Waals surface area contributed by atoms with Crippen LogP contribution < -0.4 is 5.73 Å². The van der Waals surface area contributed by atoms with Gasteiger partial charge in [-0.2, -0.15) is 17.5 Å². The van der Waals surface area contributed by atoms with Crippen molar-refractivity contribution in [2.24, 2.45) is 11.7 Å². The molecular formula is C12H16ClF3N2O2S. The molecule has 0 aromatic heterocycles. The normalized spacial score (nSPS) is 20.3. The zero-order valence-electron chi connectivity index (χ0n) is 11.0. The van der Waals surface area contributed by atoms with E-state index in [2.05, 4.69) is 0 Å². The number of nitrogens with zero attached hydrogens (tertiary/aromatic N) is 1. The highest BCUT2D eigenvalue weighted by molar-refractivity contribution is 7.89. The highest BCUT2D eigenvalue weighted by Crippen LogP contribution is 2.32. The van der Waals surface area contributed by atoms with Crippen molar-refractivity contribution in [1.82, 2.24) is 4.31 Å². The third-order valence-corrected chi connectivity index (χ3v) is 5.24. The molecular weight excluding hydrogens is 329 g/mol. The van der Waals surface area contributed by atoms with Gasteiger partial charge in [-0.25, -0.2) is 8.42 Å². The molecule has 0 bridgehead atoms. The SMILES string of the molecule is Cl.NCC1CCN(S(=O)(=O)c2cccc(C(F)(F)F)c2)C1. The van der Waals surface area contributed by atoms with Crippen LogP contribution in [0.1, 0.15) is 12.0 Å². The van der Waals surface area contributed by atoms with Gasteiger partial charge in [-0.1, -0.05) is 6.07 Å². The highest BCUT2D eigenvalue weighted by atomic mass is 35.5. The van der Waals surface area contributed by atoms with E-state index in [9.17, 15) is 21.6 Å². The summed E-state index contributed by atoms with van der Waals surface area (Å²) in [5.74, 6) is 0.0653. The van der Waals surface area contributed by atoms with Crippen LogP contribution in [0.4, 0.5) is 13.2 Å². The maximum atomic E-state index is 12.6. The lowest BCUT2D eigenvalue weighted by atomic mass is 10.1. The molecule has 0 radical (unpaired) electrons. The first-order valence-electron chi connectivity index (χ1n) is 6.12. The standard InChI is InChI=1S/C12H15F3N2O2S.ClH/c13-12(14,15)10-2-1-3-11(6-10)20(18,19)17-5-4-9(7-16)8-17;/h1-3,6,9H,4-5,7-8,16H2;1H. The summed E-state index contributed by atoms with van der Waals surface area (Å²) in [6.45, 7) is 0.921. The Morgan fingerprint density at radius 1 is 1.33 bits per heavy atom. The van der Waals surface area contributed by atoms with Gasteiger partial charge in [-0.3, -0.25) is 0 Å². The van der Waals surface area contributed by atoms with E-state index >= 15 is 0 Å². The summed E-state index contributed by atoms with van der Waals surface area (Å²) in [6, 6.07) is 3.81. The van der Waals surface area contributed by atoms with Crippen molar-refractivity contribution in [2.75, 3.05) is 19.6 Å². The Morgan fingerprint density at radius 2 is 2.00 bits per heavy atom. The van der Waals surface area contributed by atoms with E-state index in [0.29, 0.717) is 25.6 Å². The molecule has 1 aliphatic rings. The molecule has 0 amide bonds. The predicted octanol–water partition coefficient (Wildman–Crippen LogP) is 2.10. The Bertz CT molecular complexity index is 592. The summed E-state index contributed by atoms with van der Waals surface area (Å²) in [7, 11) is -3.89. The van der Waals surface area contributed by atoms with Crippen LogP contribution in [0.2, 0.25) is 0 Å². The summed E-state index contributed by atoms with van der Waals surface area (Å²) < 4.78 is 63.7. The lowest BCUT2D eigenvalue weighted by Gasteiger charge is -2.17. The molecule has 1 unspecified atom stereocenters. The van der Waals surface area contributed by atoms with E-state index in [1.54, 1.807) is 0 Å². The number of hydrogen-bond acceptors (Lipinski definition) is 3. The van der Waals surface area contributed by atoms with Crippen LogP contribution in [0.25, 0.3) is 0 Å². The number of benzene rings is 1. The Balaban J connectivity index is 0.00000220. The summed E-state index contributed by atoms with van der Waals surface area (Å²) in [4.78, 5) is -0.329. The smallest absolute Gasteiger partial charge is 0.330 e. The molecule has 1 saturated heterocycles. The van der Waals surface area contributed by atoms with Gasteiger partial charge < -0.3 is 5.73 Å². The van der Waals surface area contributed by atoms with Crippen molar-refractivity contribution in [3.05, 3.63) is 29.8 Å². The second kappa shape index (κ2) is 6.51. The molecule has 9 heteroatoms. The number of sulfonamides is 1. The van der Waals surface area contributed by atoms with Gasteiger partial charge in [0.05, 0.1) is 10.5 Å². The van der Waals surface area contributed by atoms with Crippen LogP contribution in [0.3, 0.4) is 0 Å². The summed E-state index contributed by atoms with van der Waals surface area (Å²) in [5, 5.41) is 0. The third kappa shape index (κ3) is 3.88. The van der Waals surface area contributed by atoms with E-state index in [4.69, 9.17) is 5.73 Å². The van der Waals surface area contributed by atoms with Gasteiger partial charge in [-0.05, 0) is 37.1 Å². The fraction of sp³-hybridized carbons (Fsp3) is 0.500.